The van der Waals surface area contributed by atoms with Gasteiger partial charge in [-0.15, -0.1) is 0 Å². The highest BCUT2D eigenvalue weighted by Crippen LogP contribution is 2.46. The van der Waals surface area contributed by atoms with Crippen molar-refractivity contribution < 1.29 is 14.3 Å². The topological polar surface area (TPSA) is 75.4 Å². The van der Waals surface area contributed by atoms with Crippen LogP contribution in [0.4, 0.5) is 0 Å². The zero-order valence-electron chi connectivity index (χ0n) is 15.1. The van der Waals surface area contributed by atoms with Crippen LogP contribution in [0.2, 0.25) is 0 Å². The Morgan fingerprint density at radius 2 is 2.29 bits per heavy atom. The number of amides is 1. The van der Waals surface area contributed by atoms with Gasteiger partial charge in [-0.3, -0.25) is 4.79 Å². The number of allylic oxidation sites excluding steroid dienone is 1. The van der Waals surface area contributed by atoms with Crippen LogP contribution in [0.3, 0.4) is 0 Å². The van der Waals surface area contributed by atoms with E-state index in [1.54, 1.807) is 19.1 Å². The lowest BCUT2D eigenvalue weighted by atomic mass is 9.78. The van der Waals surface area contributed by atoms with E-state index in [1.807, 2.05) is 0 Å². The molecule has 0 aromatic carbocycles. The lowest BCUT2D eigenvalue weighted by Crippen LogP contribution is -2.44. The Hall–Kier alpha value is -1.88. The minimum absolute atomic E-state index is 0.0876. The Bertz CT molecular complexity index is 732. The van der Waals surface area contributed by atoms with Gasteiger partial charge in [-0.1, -0.05) is 26.5 Å². The molecular formula is C19H28N2O3. The normalized spacial score (nSPS) is 26.9. The summed E-state index contributed by atoms with van der Waals surface area (Å²) in [7, 11) is 0. The van der Waals surface area contributed by atoms with Crippen LogP contribution in [0.25, 0.3) is 11.6 Å². The summed E-state index contributed by atoms with van der Waals surface area (Å²) in [5.41, 5.74) is 0.549. The van der Waals surface area contributed by atoms with Gasteiger partial charge in [0.1, 0.15) is 5.35 Å². The maximum absolute atomic E-state index is 11.5. The fraction of sp³-hybridized carbons (Fsp3) is 0.579. The number of nitrogens with one attached hydrogen (secondary N) is 1. The predicted molar refractivity (Wildman–Crippen MR) is 94.4 cm³/mol. The zero-order chi connectivity index (χ0) is 17.9. The van der Waals surface area contributed by atoms with Crippen LogP contribution < -0.4 is 16.1 Å². The predicted octanol–water partition coefficient (Wildman–Crippen LogP) is 1.42. The van der Waals surface area contributed by atoms with E-state index in [0.29, 0.717) is 35.5 Å². The second-order valence-electron chi connectivity index (χ2n) is 6.87. The van der Waals surface area contributed by atoms with Gasteiger partial charge in [0.05, 0.1) is 5.60 Å². The van der Waals surface area contributed by atoms with Gasteiger partial charge in [-0.2, -0.15) is 0 Å². The molecule has 24 heavy (non-hydrogen) atoms. The summed E-state index contributed by atoms with van der Waals surface area (Å²) in [6.45, 7) is 11.7. The molecule has 0 saturated heterocycles. The van der Waals surface area contributed by atoms with Crippen molar-refractivity contribution in [3.8, 4) is 0 Å². The van der Waals surface area contributed by atoms with Crippen LogP contribution in [-0.2, 0) is 4.79 Å². The van der Waals surface area contributed by atoms with Crippen molar-refractivity contribution in [3.63, 3.8) is 0 Å². The second-order valence-corrected chi connectivity index (χ2v) is 6.87. The van der Waals surface area contributed by atoms with Crippen LogP contribution in [-0.4, -0.2) is 28.1 Å². The third-order valence-corrected chi connectivity index (χ3v) is 4.84. The molecule has 1 saturated carbocycles. The van der Waals surface area contributed by atoms with Gasteiger partial charge in [0.15, 0.2) is 11.3 Å². The van der Waals surface area contributed by atoms with E-state index in [2.05, 4.69) is 30.7 Å². The van der Waals surface area contributed by atoms with E-state index in [4.69, 9.17) is 4.42 Å². The van der Waals surface area contributed by atoms with Crippen molar-refractivity contribution in [1.29, 1.82) is 0 Å². The molecule has 0 aliphatic heterocycles. The molecule has 5 heteroatoms. The van der Waals surface area contributed by atoms with Crippen molar-refractivity contribution >= 4 is 17.6 Å². The number of carbonyl (C=O) groups excluding carboxylic acids is 1. The van der Waals surface area contributed by atoms with Crippen LogP contribution >= 0.6 is 0 Å². The van der Waals surface area contributed by atoms with Crippen LogP contribution in [0.15, 0.2) is 17.1 Å². The number of aromatic nitrogens is 1. The van der Waals surface area contributed by atoms with Crippen LogP contribution in [0.1, 0.15) is 45.9 Å². The monoisotopic (exact) mass is 332 g/mol. The number of hydrogen-bond donors (Lipinski definition) is 2. The largest absolute Gasteiger partial charge is 0.441 e. The summed E-state index contributed by atoms with van der Waals surface area (Å²) in [6.07, 6.45) is 5.61. The van der Waals surface area contributed by atoms with Crippen molar-refractivity contribution in [1.82, 2.24) is 10.3 Å². The van der Waals surface area contributed by atoms with E-state index in [9.17, 15) is 9.90 Å². The Balaban J connectivity index is 2.55. The van der Waals surface area contributed by atoms with Gasteiger partial charge in [0.2, 0.25) is 5.91 Å². The number of nitrogens with zero attached hydrogens (tertiary/aromatic N) is 1. The van der Waals surface area contributed by atoms with Gasteiger partial charge in [0, 0.05) is 26.0 Å². The lowest BCUT2D eigenvalue weighted by molar-refractivity contribution is -0.119. The summed E-state index contributed by atoms with van der Waals surface area (Å²) < 4.78 is 5.83. The number of aryl methyl sites for hydroxylation is 1. The van der Waals surface area contributed by atoms with Crippen LogP contribution in [0, 0.1) is 18.8 Å². The fourth-order valence-electron chi connectivity index (χ4n) is 3.82. The molecule has 0 bridgehead atoms. The molecule has 5 nitrogen and oxygen atoms in total. The number of hydrogen-bond acceptors (Lipinski definition) is 4. The first-order valence-electron chi connectivity index (χ1n) is 8.56. The van der Waals surface area contributed by atoms with E-state index in [1.165, 1.54) is 6.92 Å². The van der Waals surface area contributed by atoms with Gasteiger partial charge in [-0.25, -0.2) is 4.98 Å². The Kier molecular flexibility index (Phi) is 5.65. The molecule has 1 amide bonds. The van der Waals surface area contributed by atoms with E-state index in [0.717, 1.165) is 18.4 Å². The maximum Gasteiger partial charge on any atom is 0.216 e. The van der Waals surface area contributed by atoms with E-state index >= 15 is 0 Å². The second kappa shape index (κ2) is 7.34. The molecule has 2 atom stereocenters. The van der Waals surface area contributed by atoms with Crippen LogP contribution in [0.5, 0.6) is 0 Å². The van der Waals surface area contributed by atoms with Crippen molar-refractivity contribution in [2.75, 3.05) is 6.54 Å². The fourth-order valence-corrected chi connectivity index (χ4v) is 3.82. The highest BCUT2D eigenvalue weighted by Gasteiger charge is 2.47. The van der Waals surface area contributed by atoms with E-state index in [-0.39, 0.29) is 11.8 Å². The smallest absolute Gasteiger partial charge is 0.216 e. The first-order chi connectivity index (χ1) is 11.3. The highest BCUT2D eigenvalue weighted by molar-refractivity contribution is 5.72. The number of rotatable bonds is 5. The summed E-state index contributed by atoms with van der Waals surface area (Å²) in [5, 5.41) is 15.0. The average molecular weight is 332 g/mol. The average Bonchev–Trinajstić information content (AvgIpc) is 2.99. The summed E-state index contributed by atoms with van der Waals surface area (Å²) in [6, 6.07) is 0. The molecule has 1 aliphatic carbocycles. The Morgan fingerprint density at radius 3 is 2.88 bits per heavy atom. The Morgan fingerprint density at radius 1 is 1.58 bits per heavy atom. The molecule has 2 N–H and O–H groups in total. The Labute approximate surface area is 143 Å². The third-order valence-electron chi connectivity index (χ3n) is 4.84. The maximum atomic E-state index is 11.5. The molecule has 1 aromatic heterocycles. The first-order valence-corrected chi connectivity index (χ1v) is 8.56. The zero-order valence-corrected chi connectivity index (χ0v) is 15.1. The van der Waals surface area contributed by atoms with Gasteiger partial charge in [0.25, 0.3) is 0 Å². The third kappa shape index (κ3) is 3.61. The highest BCUT2D eigenvalue weighted by atomic mass is 16.3. The summed E-state index contributed by atoms with van der Waals surface area (Å²) >= 11 is 0. The molecule has 1 aromatic rings. The van der Waals surface area contributed by atoms with Gasteiger partial charge >= 0.3 is 0 Å². The minimum atomic E-state index is -0.994. The standard InChI is InChI=1S/C19H28N2O3/c1-6-7-17-18(24-14(5)21-17)16-9-8-15(12(2)3)19(16,23)10-11-20-13(4)22/h6-7,12,15,23H,1,8-11H2,2-5H3,(H,20,22)/b17-7+,18-16-. The summed E-state index contributed by atoms with van der Waals surface area (Å²) in [5.74, 6) is 0.946. The van der Waals surface area contributed by atoms with Gasteiger partial charge in [-0.05, 0) is 37.2 Å². The number of aliphatic hydroxyl groups is 1. The molecule has 132 valence electrons. The van der Waals surface area contributed by atoms with Crippen molar-refractivity contribution in [3.05, 3.63) is 29.3 Å². The lowest BCUT2D eigenvalue weighted by Gasteiger charge is -2.33. The van der Waals surface area contributed by atoms with Crippen molar-refractivity contribution in [2.45, 2.75) is 52.6 Å². The van der Waals surface area contributed by atoms with Crippen molar-refractivity contribution in [2.24, 2.45) is 11.8 Å². The minimum Gasteiger partial charge on any atom is -0.441 e. The SMILES string of the molecule is C=C/C=c1/nc(C)o/c1=C1/CCC(C(C)C)C1(O)CCNC(C)=O. The van der Waals surface area contributed by atoms with Gasteiger partial charge < -0.3 is 14.8 Å². The first kappa shape index (κ1) is 18.5. The molecule has 1 fully saturated rings. The number of carbonyl (C=O) groups is 1. The molecule has 1 heterocycles. The molecule has 1 aliphatic rings. The molecule has 0 spiro atoms. The quantitative estimate of drug-likeness (QED) is 0.855. The number of oxazole rings is 1. The van der Waals surface area contributed by atoms with E-state index < -0.39 is 5.60 Å². The summed E-state index contributed by atoms with van der Waals surface area (Å²) in [4.78, 5) is 15.6. The molecule has 0 radical (unpaired) electrons. The molecular weight excluding hydrogens is 304 g/mol. The molecule has 2 rings (SSSR count). The molecule has 2 unspecified atom stereocenters.